The van der Waals surface area contributed by atoms with Crippen LogP contribution >= 0.6 is 22.6 Å². The van der Waals surface area contributed by atoms with Crippen molar-refractivity contribution in [3.63, 3.8) is 0 Å². The molecule has 0 saturated carbocycles. The fourth-order valence-corrected chi connectivity index (χ4v) is 6.38. The molecule has 6 nitrogen and oxygen atoms in total. The van der Waals surface area contributed by atoms with Crippen LogP contribution in [0.4, 0.5) is 0 Å². The number of aldehydes is 1. The van der Waals surface area contributed by atoms with Gasteiger partial charge in [-0.25, -0.2) is 0 Å². The van der Waals surface area contributed by atoms with Crippen molar-refractivity contribution in [1.29, 1.82) is 0 Å². The molecule has 0 spiro atoms. The summed E-state index contributed by atoms with van der Waals surface area (Å²) >= 11 is 2.24. The number of hydrogen-bond donors (Lipinski definition) is 1. The first kappa shape index (κ1) is 30.6. The summed E-state index contributed by atoms with van der Waals surface area (Å²) < 4.78 is 27.0. The van der Waals surface area contributed by atoms with Crippen LogP contribution in [0.1, 0.15) is 76.7 Å². The van der Waals surface area contributed by atoms with Crippen LogP contribution in [-0.2, 0) is 23.7 Å². The molecule has 1 aromatic carbocycles. The number of benzene rings is 1. The maximum absolute atomic E-state index is 11.0. The molecule has 4 rings (SSSR count). The highest BCUT2D eigenvalue weighted by Crippen LogP contribution is 2.36. The summed E-state index contributed by atoms with van der Waals surface area (Å²) in [6.45, 7) is 11.0. The predicted molar refractivity (Wildman–Crippen MR) is 161 cm³/mol. The van der Waals surface area contributed by atoms with Crippen molar-refractivity contribution in [3.05, 3.63) is 63.3 Å². The number of aliphatic hydroxyl groups excluding tert-OH is 1. The van der Waals surface area contributed by atoms with E-state index in [1.807, 2.05) is 16.2 Å². The third kappa shape index (κ3) is 8.11. The van der Waals surface area contributed by atoms with Gasteiger partial charge in [-0.05, 0) is 53.9 Å². The second-order valence-electron chi connectivity index (χ2n) is 11.4. The lowest BCUT2D eigenvalue weighted by Crippen LogP contribution is -2.49. The first-order valence-corrected chi connectivity index (χ1v) is 15.4. The topological polar surface area (TPSA) is 74.2 Å². The van der Waals surface area contributed by atoms with Crippen molar-refractivity contribution in [3.8, 4) is 0 Å². The molecule has 3 aliphatic rings. The van der Waals surface area contributed by atoms with Crippen molar-refractivity contribution in [1.82, 2.24) is 0 Å². The van der Waals surface area contributed by atoms with Crippen LogP contribution in [-0.4, -0.2) is 54.6 Å². The van der Waals surface area contributed by atoms with Crippen molar-refractivity contribution >= 4 is 35.0 Å². The predicted octanol–water partition coefficient (Wildman–Crippen LogP) is 6.72. The van der Waals surface area contributed by atoms with Crippen LogP contribution in [0.5, 0.6) is 0 Å². The molecule has 1 N–H and O–H groups in total. The smallest absolute Gasteiger partial charge is 0.184 e. The molecule has 3 saturated heterocycles. The van der Waals surface area contributed by atoms with Gasteiger partial charge in [-0.2, -0.15) is 0 Å². The lowest BCUT2D eigenvalue weighted by atomic mass is 9.80. The molecule has 3 fully saturated rings. The molecule has 39 heavy (non-hydrogen) atoms. The molecule has 7 heteroatoms. The SMILES string of the molecule is C=C1C[C@H](C[C@@H]2CCO[C@H](c3cccc(/C=C/C[C@H]4O[C@@H](/C(C)=C/I)[C@H](C)[C@@H](O)[C@H]4C)c3)O2)O[C@@H](CC=O)C1. The van der Waals surface area contributed by atoms with Gasteiger partial charge >= 0.3 is 0 Å². The van der Waals surface area contributed by atoms with E-state index in [9.17, 15) is 9.90 Å². The Balaban J connectivity index is 1.34. The summed E-state index contributed by atoms with van der Waals surface area (Å²) in [5.74, 6) is 0.137. The summed E-state index contributed by atoms with van der Waals surface area (Å²) in [7, 11) is 0. The van der Waals surface area contributed by atoms with Crippen molar-refractivity contribution in [2.24, 2.45) is 11.8 Å². The van der Waals surface area contributed by atoms with Crippen LogP contribution in [0.15, 0.2) is 52.1 Å². The number of halogens is 1. The Kier molecular flexibility index (Phi) is 11.4. The normalized spacial score (nSPS) is 36.3. The van der Waals surface area contributed by atoms with Gasteiger partial charge in [0.25, 0.3) is 0 Å². The second-order valence-corrected chi connectivity index (χ2v) is 12.0. The first-order valence-electron chi connectivity index (χ1n) is 14.2. The van der Waals surface area contributed by atoms with E-state index >= 15 is 0 Å². The van der Waals surface area contributed by atoms with E-state index in [0.717, 1.165) is 60.7 Å². The summed E-state index contributed by atoms with van der Waals surface area (Å²) in [4.78, 5) is 11.0. The Morgan fingerprint density at radius 1 is 1.10 bits per heavy atom. The van der Waals surface area contributed by atoms with Gasteiger partial charge in [0.15, 0.2) is 6.29 Å². The van der Waals surface area contributed by atoms with Gasteiger partial charge in [0.05, 0.1) is 43.2 Å². The van der Waals surface area contributed by atoms with E-state index in [1.54, 1.807) is 0 Å². The van der Waals surface area contributed by atoms with Crippen molar-refractivity contribution < 1.29 is 28.8 Å². The summed E-state index contributed by atoms with van der Waals surface area (Å²) in [6.07, 6.45) is 8.55. The van der Waals surface area contributed by atoms with Crippen LogP contribution < -0.4 is 0 Å². The maximum Gasteiger partial charge on any atom is 0.184 e. The van der Waals surface area contributed by atoms with Gasteiger partial charge in [-0.1, -0.05) is 78.9 Å². The molecule has 0 bridgehead atoms. The third-order valence-electron chi connectivity index (χ3n) is 8.27. The van der Waals surface area contributed by atoms with Crippen LogP contribution in [0, 0.1) is 11.8 Å². The van der Waals surface area contributed by atoms with Gasteiger partial charge in [0.1, 0.15) is 6.29 Å². The number of ether oxygens (including phenoxy) is 4. The summed E-state index contributed by atoms with van der Waals surface area (Å²) in [6, 6.07) is 8.25. The van der Waals surface area contributed by atoms with E-state index in [2.05, 4.69) is 74.2 Å². The average Bonchev–Trinajstić information content (AvgIpc) is 2.93. The number of carbonyl (C=O) groups is 1. The van der Waals surface area contributed by atoms with Crippen LogP contribution in [0.25, 0.3) is 6.08 Å². The van der Waals surface area contributed by atoms with Gasteiger partial charge in [0, 0.05) is 30.2 Å². The van der Waals surface area contributed by atoms with Gasteiger partial charge in [-0.15, -0.1) is 0 Å². The highest BCUT2D eigenvalue weighted by molar-refractivity contribution is 14.1. The van der Waals surface area contributed by atoms with Crippen LogP contribution in [0.3, 0.4) is 0 Å². The molecule has 1 aromatic rings. The second kappa shape index (κ2) is 14.5. The fraction of sp³-hybridized carbons (Fsp3) is 0.594. The molecular weight excluding hydrogens is 607 g/mol. The average molecular weight is 651 g/mol. The van der Waals surface area contributed by atoms with E-state index in [0.29, 0.717) is 13.0 Å². The number of aliphatic hydroxyl groups is 1. The molecule has 3 heterocycles. The van der Waals surface area contributed by atoms with Gasteiger partial charge < -0.3 is 28.8 Å². The fourth-order valence-electron chi connectivity index (χ4n) is 6.03. The van der Waals surface area contributed by atoms with Crippen molar-refractivity contribution in [2.45, 2.75) is 102 Å². The Morgan fingerprint density at radius 3 is 2.67 bits per heavy atom. The highest BCUT2D eigenvalue weighted by atomic mass is 127. The molecule has 0 aliphatic carbocycles. The lowest BCUT2D eigenvalue weighted by Gasteiger charge is -2.43. The summed E-state index contributed by atoms with van der Waals surface area (Å²) in [5, 5.41) is 10.8. The molecule has 0 unspecified atom stereocenters. The maximum atomic E-state index is 11.0. The van der Waals surface area contributed by atoms with Crippen LogP contribution in [0.2, 0.25) is 0 Å². The number of rotatable bonds is 9. The van der Waals surface area contributed by atoms with E-state index < -0.39 is 12.4 Å². The first-order chi connectivity index (χ1) is 18.8. The highest BCUT2D eigenvalue weighted by Gasteiger charge is 2.40. The minimum Gasteiger partial charge on any atom is -0.392 e. The molecule has 0 radical (unpaired) electrons. The van der Waals surface area contributed by atoms with Crippen molar-refractivity contribution in [2.75, 3.05) is 6.61 Å². The zero-order valence-electron chi connectivity index (χ0n) is 23.3. The minimum atomic E-state index is -0.420. The molecule has 9 atom stereocenters. The number of hydrogen-bond acceptors (Lipinski definition) is 6. The summed E-state index contributed by atoms with van der Waals surface area (Å²) in [5.41, 5.74) is 4.36. The Hall–Kier alpha value is -1.36. The monoisotopic (exact) mass is 650 g/mol. The molecule has 3 aliphatic heterocycles. The molecule has 0 amide bonds. The Labute approximate surface area is 247 Å². The minimum absolute atomic E-state index is 0.0240. The molecule has 0 aromatic heterocycles. The molecule has 214 valence electrons. The zero-order valence-corrected chi connectivity index (χ0v) is 25.5. The van der Waals surface area contributed by atoms with E-state index in [4.69, 9.17) is 18.9 Å². The Morgan fingerprint density at radius 2 is 1.90 bits per heavy atom. The standard InChI is InChI=1S/C32H43IO6/c1-20-15-26(11-13-34)37-28(16-20)18-27-12-14-36-32(38-27)25-9-5-7-24(17-25)8-6-10-29-22(3)30(35)23(4)31(39-29)21(2)19-33/h5-9,13,17,19,22-23,26-32,35H,1,10-12,14-16,18H2,2-4H3/b8-6+,21-19+/t22-,23+,26-,27-,28+,29+,30-,31-,32-/m0/s1. The third-order valence-corrected chi connectivity index (χ3v) is 9.26. The molecular formula is C32H43IO6. The Bertz CT molecular complexity index is 1040. The van der Waals surface area contributed by atoms with Gasteiger partial charge in [-0.3, -0.25) is 0 Å². The van der Waals surface area contributed by atoms with E-state index in [1.165, 1.54) is 0 Å². The number of carbonyl (C=O) groups excluding carboxylic acids is 1. The quantitative estimate of drug-likeness (QED) is 0.182. The van der Waals surface area contributed by atoms with E-state index in [-0.39, 0.29) is 42.4 Å². The zero-order chi connectivity index (χ0) is 27.9. The lowest BCUT2D eigenvalue weighted by molar-refractivity contribution is -0.225. The largest absolute Gasteiger partial charge is 0.392 e. The van der Waals surface area contributed by atoms with Gasteiger partial charge in [0.2, 0.25) is 0 Å².